The summed E-state index contributed by atoms with van der Waals surface area (Å²) in [5.74, 6) is -1.34. The van der Waals surface area contributed by atoms with E-state index in [1.165, 1.54) is 18.2 Å². The van der Waals surface area contributed by atoms with E-state index in [1.54, 1.807) is 12.1 Å². The first-order chi connectivity index (χ1) is 7.50. The second-order valence-corrected chi connectivity index (χ2v) is 3.66. The molecule has 0 saturated carbocycles. The highest BCUT2D eigenvalue weighted by Crippen LogP contribution is 2.20. The molecule has 1 aromatic rings. The summed E-state index contributed by atoms with van der Waals surface area (Å²) in [4.78, 5) is 12.3. The minimum atomic E-state index is -1.01. The number of benzene rings is 1. The highest BCUT2D eigenvalue weighted by molar-refractivity contribution is 5.79. The number of nitrogens with zero attached hydrogens (tertiary/aromatic N) is 1. The largest absolute Gasteiger partial charge is 0.478 e. The second kappa shape index (κ2) is 5.42. The Labute approximate surface area is 93.8 Å². The number of hydrogen-bond acceptors (Lipinski definition) is 2. The Morgan fingerprint density at radius 1 is 1.50 bits per heavy atom. The fraction of sp³-hybridized carbons (Fsp3) is 0.250. The van der Waals surface area contributed by atoms with Crippen LogP contribution in [0.3, 0.4) is 0 Å². The summed E-state index contributed by atoms with van der Waals surface area (Å²) in [5.41, 5.74) is 0.725. The van der Waals surface area contributed by atoms with Gasteiger partial charge in [-0.2, -0.15) is 0 Å². The molecule has 3 nitrogen and oxygen atoms in total. The molecular formula is C12H14FNO2. The first-order valence-electron chi connectivity index (χ1n) is 4.83. The summed E-state index contributed by atoms with van der Waals surface area (Å²) >= 11 is 0. The summed E-state index contributed by atoms with van der Waals surface area (Å²) in [6.07, 6.45) is 2.59. The second-order valence-electron chi connectivity index (χ2n) is 3.66. The van der Waals surface area contributed by atoms with E-state index >= 15 is 0 Å². The Hall–Kier alpha value is -1.68. The first kappa shape index (κ1) is 12.4. The van der Waals surface area contributed by atoms with Crippen molar-refractivity contribution in [1.82, 2.24) is 4.90 Å². The van der Waals surface area contributed by atoms with Crippen LogP contribution in [0.1, 0.15) is 11.6 Å². The molecule has 0 radical (unpaired) electrons. The fourth-order valence-corrected chi connectivity index (χ4v) is 1.45. The average Bonchev–Trinajstić information content (AvgIpc) is 2.17. The maximum atomic E-state index is 13.0. The number of carboxylic acids is 1. The molecule has 1 N–H and O–H groups in total. The molecule has 4 heteroatoms. The zero-order valence-electron chi connectivity index (χ0n) is 9.22. The zero-order chi connectivity index (χ0) is 12.1. The number of carboxylic acid groups (broad SMARTS) is 1. The van der Waals surface area contributed by atoms with Gasteiger partial charge in [0.25, 0.3) is 0 Å². The number of carbonyl (C=O) groups is 1. The normalized spacial score (nSPS) is 13.2. The fourth-order valence-electron chi connectivity index (χ4n) is 1.45. The minimum absolute atomic E-state index is 0.244. The molecule has 0 spiro atoms. The van der Waals surface area contributed by atoms with Crippen LogP contribution in [-0.2, 0) is 4.79 Å². The van der Waals surface area contributed by atoms with Crippen LogP contribution in [0, 0.1) is 5.82 Å². The molecule has 0 heterocycles. The van der Waals surface area contributed by atoms with Gasteiger partial charge >= 0.3 is 5.97 Å². The topological polar surface area (TPSA) is 40.5 Å². The van der Waals surface area contributed by atoms with Gasteiger partial charge in [0, 0.05) is 6.08 Å². The quantitative estimate of drug-likeness (QED) is 0.794. The van der Waals surface area contributed by atoms with E-state index < -0.39 is 5.97 Å². The lowest BCUT2D eigenvalue weighted by atomic mass is 10.1. The van der Waals surface area contributed by atoms with Crippen molar-refractivity contribution >= 4 is 5.97 Å². The number of rotatable bonds is 4. The van der Waals surface area contributed by atoms with Crippen LogP contribution in [0.2, 0.25) is 0 Å². The standard InChI is InChI=1S/C12H14FNO2/c1-14(2)11(6-7-12(15)16)9-4-3-5-10(13)8-9/h3-8,11H,1-2H3,(H,15,16)/b7-6+. The molecule has 1 rings (SSSR count). The van der Waals surface area contributed by atoms with Crippen LogP contribution in [0.25, 0.3) is 0 Å². The van der Waals surface area contributed by atoms with Gasteiger partial charge in [-0.3, -0.25) is 4.90 Å². The SMILES string of the molecule is CN(C)C(/C=C/C(=O)O)c1cccc(F)c1. The summed E-state index contributed by atoms with van der Waals surface area (Å²) in [7, 11) is 3.61. The van der Waals surface area contributed by atoms with Gasteiger partial charge in [0.15, 0.2) is 0 Å². The molecule has 0 aliphatic rings. The van der Waals surface area contributed by atoms with E-state index in [0.29, 0.717) is 0 Å². The number of halogens is 1. The zero-order valence-corrected chi connectivity index (χ0v) is 9.22. The van der Waals surface area contributed by atoms with Crippen molar-refractivity contribution in [2.75, 3.05) is 14.1 Å². The minimum Gasteiger partial charge on any atom is -0.478 e. The first-order valence-corrected chi connectivity index (χ1v) is 4.83. The van der Waals surface area contributed by atoms with Crippen molar-refractivity contribution in [2.24, 2.45) is 0 Å². The van der Waals surface area contributed by atoms with Gasteiger partial charge in [-0.1, -0.05) is 18.2 Å². The lowest BCUT2D eigenvalue weighted by Gasteiger charge is -2.21. The number of likely N-dealkylation sites (N-methyl/N-ethyl adjacent to an activating group) is 1. The van der Waals surface area contributed by atoms with Crippen LogP contribution >= 0.6 is 0 Å². The average molecular weight is 223 g/mol. The third-order valence-electron chi connectivity index (χ3n) is 2.17. The molecule has 86 valence electrons. The van der Waals surface area contributed by atoms with Crippen LogP contribution < -0.4 is 0 Å². The van der Waals surface area contributed by atoms with Crippen molar-refractivity contribution in [3.8, 4) is 0 Å². The monoisotopic (exact) mass is 223 g/mol. The molecule has 0 aliphatic carbocycles. The van der Waals surface area contributed by atoms with Gasteiger partial charge in [-0.15, -0.1) is 0 Å². The van der Waals surface area contributed by atoms with Crippen molar-refractivity contribution in [2.45, 2.75) is 6.04 Å². The maximum absolute atomic E-state index is 13.0. The summed E-state index contributed by atoms with van der Waals surface area (Å²) in [6.45, 7) is 0. The molecule has 1 aromatic carbocycles. The van der Waals surface area contributed by atoms with Crippen LogP contribution in [0.15, 0.2) is 36.4 Å². The van der Waals surface area contributed by atoms with E-state index in [1.807, 2.05) is 19.0 Å². The molecule has 0 fully saturated rings. The molecule has 0 aliphatic heterocycles. The van der Waals surface area contributed by atoms with Gasteiger partial charge in [-0.05, 0) is 31.8 Å². The smallest absolute Gasteiger partial charge is 0.328 e. The van der Waals surface area contributed by atoms with Crippen LogP contribution in [-0.4, -0.2) is 30.1 Å². The summed E-state index contributed by atoms with van der Waals surface area (Å²) in [6, 6.07) is 5.88. The van der Waals surface area contributed by atoms with Crippen molar-refractivity contribution in [3.63, 3.8) is 0 Å². The summed E-state index contributed by atoms with van der Waals surface area (Å²) in [5, 5.41) is 8.57. The maximum Gasteiger partial charge on any atom is 0.328 e. The molecule has 16 heavy (non-hydrogen) atoms. The van der Waals surface area contributed by atoms with Crippen LogP contribution in [0.4, 0.5) is 4.39 Å². The van der Waals surface area contributed by atoms with E-state index in [2.05, 4.69) is 0 Å². The van der Waals surface area contributed by atoms with E-state index in [0.717, 1.165) is 11.6 Å². The van der Waals surface area contributed by atoms with Crippen molar-refractivity contribution in [1.29, 1.82) is 0 Å². The van der Waals surface area contributed by atoms with E-state index in [9.17, 15) is 9.18 Å². The molecule has 0 saturated heterocycles. The highest BCUT2D eigenvalue weighted by atomic mass is 19.1. The van der Waals surface area contributed by atoms with Gasteiger partial charge in [-0.25, -0.2) is 9.18 Å². The van der Waals surface area contributed by atoms with Gasteiger partial charge < -0.3 is 5.11 Å². The lowest BCUT2D eigenvalue weighted by molar-refractivity contribution is -0.131. The summed E-state index contributed by atoms with van der Waals surface area (Å²) < 4.78 is 13.0. The Bertz CT molecular complexity index is 402. The Balaban J connectivity index is 2.98. The predicted molar refractivity (Wildman–Crippen MR) is 59.6 cm³/mol. The van der Waals surface area contributed by atoms with Gasteiger partial charge in [0.1, 0.15) is 5.82 Å². The van der Waals surface area contributed by atoms with Gasteiger partial charge in [0.2, 0.25) is 0 Å². The number of aliphatic carboxylic acids is 1. The molecule has 0 aromatic heterocycles. The molecule has 1 unspecified atom stereocenters. The third-order valence-corrected chi connectivity index (χ3v) is 2.17. The lowest BCUT2D eigenvalue weighted by Crippen LogP contribution is -2.18. The third kappa shape index (κ3) is 3.47. The van der Waals surface area contributed by atoms with Crippen molar-refractivity contribution in [3.05, 3.63) is 47.8 Å². The molecular weight excluding hydrogens is 209 g/mol. The highest BCUT2D eigenvalue weighted by Gasteiger charge is 2.11. The molecule has 0 bridgehead atoms. The molecule has 1 atom stereocenters. The van der Waals surface area contributed by atoms with E-state index in [-0.39, 0.29) is 11.9 Å². The Morgan fingerprint density at radius 2 is 2.19 bits per heavy atom. The van der Waals surface area contributed by atoms with Crippen LogP contribution in [0.5, 0.6) is 0 Å². The predicted octanol–water partition coefficient (Wildman–Crippen LogP) is 2.07. The molecule has 0 amide bonds. The van der Waals surface area contributed by atoms with Crippen molar-refractivity contribution < 1.29 is 14.3 Å². The van der Waals surface area contributed by atoms with E-state index in [4.69, 9.17) is 5.11 Å². The Kier molecular flexibility index (Phi) is 4.19. The van der Waals surface area contributed by atoms with Gasteiger partial charge in [0.05, 0.1) is 6.04 Å². The Morgan fingerprint density at radius 3 is 2.69 bits per heavy atom. The number of hydrogen-bond donors (Lipinski definition) is 1.